The molecule has 1 unspecified atom stereocenters. The molecule has 0 saturated carbocycles. The third-order valence-corrected chi connectivity index (χ3v) is 4.90. The Hall–Kier alpha value is -1.23. The molecule has 1 amide bonds. The Morgan fingerprint density at radius 1 is 1.42 bits per heavy atom. The molecule has 2 aliphatic rings. The second-order valence-corrected chi connectivity index (χ2v) is 6.20. The van der Waals surface area contributed by atoms with Crippen molar-refractivity contribution in [3.05, 3.63) is 18.3 Å². The Morgan fingerprint density at radius 3 is 2.95 bits per heavy atom. The lowest BCUT2D eigenvalue weighted by Gasteiger charge is -2.39. The Morgan fingerprint density at radius 2 is 2.32 bits per heavy atom. The zero-order valence-corrected chi connectivity index (χ0v) is 12.0. The van der Waals surface area contributed by atoms with Crippen LogP contribution in [0.15, 0.2) is 23.4 Å². The number of thioether (sulfide) groups is 1. The molecule has 2 fully saturated rings. The number of pyridine rings is 1. The number of hydrogen-bond donors (Lipinski definition) is 1. The second kappa shape index (κ2) is 5.04. The highest BCUT2D eigenvalue weighted by Crippen LogP contribution is 2.38. The van der Waals surface area contributed by atoms with Crippen LogP contribution in [0, 0.1) is 5.41 Å². The van der Waals surface area contributed by atoms with Gasteiger partial charge in [-0.1, -0.05) is 0 Å². The highest BCUT2D eigenvalue weighted by atomic mass is 32.2. The van der Waals surface area contributed by atoms with E-state index in [2.05, 4.69) is 27.3 Å². The van der Waals surface area contributed by atoms with Crippen LogP contribution < -0.4 is 10.2 Å². The molecule has 0 radical (unpaired) electrons. The Bertz CT molecular complexity index is 476. The van der Waals surface area contributed by atoms with E-state index in [0.29, 0.717) is 0 Å². The van der Waals surface area contributed by atoms with Gasteiger partial charge in [0.15, 0.2) is 0 Å². The van der Waals surface area contributed by atoms with Gasteiger partial charge in [-0.05, 0) is 37.7 Å². The molecule has 3 rings (SSSR count). The van der Waals surface area contributed by atoms with Gasteiger partial charge in [-0.3, -0.25) is 4.79 Å². The molecule has 102 valence electrons. The summed E-state index contributed by atoms with van der Waals surface area (Å²) in [6, 6.07) is 4.17. The molecule has 0 aliphatic carbocycles. The number of carbonyl (C=O) groups is 1. The van der Waals surface area contributed by atoms with Crippen LogP contribution in [0.4, 0.5) is 5.69 Å². The van der Waals surface area contributed by atoms with E-state index in [1.54, 1.807) is 11.8 Å². The van der Waals surface area contributed by atoms with Crippen molar-refractivity contribution in [2.75, 3.05) is 30.8 Å². The first-order chi connectivity index (χ1) is 9.23. The van der Waals surface area contributed by atoms with Crippen LogP contribution in [0.2, 0.25) is 0 Å². The van der Waals surface area contributed by atoms with Crippen molar-refractivity contribution in [1.82, 2.24) is 10.3 Å². The first-order valence-electron chi connectivity index (χ1n) is 6.77. The van der Waals surface area contributed by atoms with Crippen LogP contribution in [-0.2, 0) is 4.79 Å². The van der Waals surface area contributed by atoms with Gasteiger partial charge in [0.2, 0.25) is 5.91 Å². The fourth-order valence-corrected chi connectivity index (χ4v) is 3.50. The van der Waals surface area contributed by atoms with Crippen molar-refractivity contribution >= 4 is 23.4 Å². The van der Waals surface area contributed by atoms with Gasteiger partial charge in [0.25, 0.3) is 0 Å². The van der Waals surface area contributed by atoms with Gasteiger partial charge >= 0.3 is 0 Å². The van der Waals surface area contributed by atoms with Crippen LogP contribution in [-0.4, -0.2) is 36.8 Å². The molecule has 1 aromatic heterocycles. The SMILES string of the molecule is CSc1ccc(N2CCCC3(CCNC3=O)C2)cn1. The van der Waals surface area contributed by atoms with Gasteiger partial charge in [0, 0.05) is 19.6 Å². The lowest BCUT2D eigenvalue weighted by Crippen LogP contribution is -2.47. The monoisotopic (exact) mass is 277 g/mol. The zero-order valence-electron chi connectivity index (χ0n) is 11.2. The van der Waals surface area contributed by atoms with E-state index in [-0.39, 0.29) is 11.3 Å². The lowest BCUT2D eigenvalue weighted by molar-refractivity contribution is -0.128. The van der Waals surface area contributed by atoms with Crippen molar-refractivity contribution in [2.24, 2.45) is 5.41 Å². The summed E-state index contributed by atoms with van der Waals surface area (Å²) in [7, 11) is 0. The maximum atomic E-state index is 12.1. The van der Waals surface area contributed by atoms with Crippen molar-refractivity contribution in [1.29, 1.82) is 0 Å². The number of carbonyl (C=O) groups excluding carboxylic acids is 1. The van der Waals surface area contributed by atoms with E-state index in [9.17, 15) is 4.79 Å². The van der Waals surface area contributed by atoms with Crippen molar-refractivity contribution in [2.45, 2.75) is 24.3 Å². The van der Waals surface area contributed by atoms with E-state index >= 15 is 0 Å². The summed E-state index contributed by atoms with van der Waals surface area (Å²) >= 11 is 1.65. The lowest BCUT2D eigenvalue weighted by atomic mass is 9.78. The minimum atomic E-state index is -0.156. The number of anilines is 1. The molecule has 1 atom stereocenters. The van der Waals surface area contributed by atoms with E-state index in [1.165, 1.54) is 0 Å². The number of aromatic nitrogens is 1. The molecule has 19 heavy (non-hydrogen) atoms. The standard InChI is InChI=1S/C14H19N3OS/c1-19-12-4-3-11(9-16-12)17-8-2-5-14(10-17)6-7-15-13(14)18/h3-4,9H,2,5-8,10H2,1H3,(H,15,18). The molecule has 2 aliphatic heterocycles. The highest BCUT2D eigenvalue weighted by Gasteiger charge is 2.45. The molecule has 2 saturated heterocycles. The molecule has 0 aromatic carbocycles. The average Bonchev–Trinajstić information content (AvgIpc) is 2.80. The molecular formula is C14H19N3OS. The summed E-state index contributed by atoms with van der Waals surface area (Å²) in [6.07, 6.45) is 7.03. The predicted octanol–water partition coefficient (Wildman–Crippen LogP) is 1.91. The Balaban J connectivity index is 1.79. The maximum Gasteiger partial charge on any atom is 0.228 e. The second-order valence-electron chi connectivity index (χ2n) is 5.37. The van der Waals surface area contributed by atoms with E-state index < -0.39 is 0 Å². The summed E-state index contributed by atoms with van der Waals surface area (Å²) in [5.74, 6) is 0.242. The maximum absolute atomic E-state index is 12.1. The normalized spacial score (nSPS) is 26.8. The molecule has 0 bridgehead atoms. The topological polar surface area (TPSA) is 45.2 Å². The highest BCUT2D eigenvalue weighted by molar-refractivity contribution is 7.98. The number of rotatable bonds is 2. The largest absolute Gasteiger partial charge is 0.369 e. The number of nitrogens with zero attached hydrogens (tertiary/aromatic N) is 2. The molecule has 1 spiro atoms. The van der Waals surface area contributed by atoms with Crippen LogP contribution in [0.3, 0.4) is 0 Å². The third kappa shape index (κ3) is 2.31. The molecule has 1 aromatic rings. The molecule has 1 N–H and O–H groups in total. The minimum Gasteiger partial charge on any atom is -0.369 e. The quantitative estimate of drug-likeness (QED) is 0.839. The molecule has 4 nitrogen and oxygen atoms in total. The van der Waals surface area contributed by atoms with Gasteiger partial charge in [-0.15, -0.1) is 11.8 Å². The fourth-order valence-electron chi connectivity index (χ4n) is 3.14. The zero-order chi connectivity index (χ0) is 13.3. The summed E-state index contributed by atoms with van der Waals surface area (Å²) < 4.78 is 0. The van der Waals surface area contributed by atoms with Gasteiger partial charge in [0.1, 0.15) is 0 Å². The predicted molar refractivity (Wildman–Crippen MR) is 77.5 cm³/mol. The summed E-state index contributed by atoms with van der Waals surface area (Å²) in [4.78, 5) is 18.8. The Labute approximate surface area is 118 Å². The van der Waals surface area contributed by atoms with Gasteiger partial charge in [0.05, 0.1) is 22.3 Å². The van der Waals surface area contributed by atoms with Crippen molar-refractivity contribution in [3.8, 4) is 0 Å². The third-order valence-electron chi connectivity index (χ3n) is 4.24. The van der Waals surface area contributed by atoms with E-state index in [4.69, 9.17) is 0 Å². The number of piperidine rings is 1. The first kappa shape index (κ1) is 12.8. The molecular weight excluding hydrogens is 258 g/mol. The Kier molecular flexibility index (Phi) is 3.39. The van der Waals surface area contributed by atoms with Crippen LogP contribution in [0.5, 0.6) is 0 Å². The molecule has 3 heterocycles. The fraction of sp³-hybridized carbons (Fsp3) is 0.571. The minimum absolute atomic E-state index is 0.156. The van der Waals surface area contributed by atoms with Crippen molar-refractivity contribution in [3.63, 3.8) is 0 Å². The van der Waals surface area contributed by atoms with Crippen LogP contribution >= 0.6 is 11.8 Å². The van der Waals surface area contributed by atoms with Gasteiger partial charge < -0.3 is 10.2 Å². The van der Waals surface area contributed by atoms with E-state index in [1.807, 2.05) is 12.5 Å². The van der Waals surface area contributed by atoms with Crippen molar-refractivity contribution < 1.29 is 4.79 Å². The molecule has 5 heteroatoms. The number of hydrogen-bond acceptors (Lipinski definition) is 4. The first-order valence-corrected chi connectivity index (χ1v) is 7.99. The van der Waals surface area contributed by atoms with Crippen LogP contribution in [0.1, 0.15) is 19.3 Å². The smallest absolute Gasteiger partial charge is 0.228 e. The number of amides is 1. The average molecular weight is 277 g/mol. The summed E-state index contributed by atoms with van der Waals surface area (Å²) in [5.41, 5.74) is 0.979. The number of nitrogens with one attached hydrogen (secondary N) is 1. The van der Waals surface area contributed by atoms with Gasteiger partial charge in [-0.25, -0.2) is 4.98 Å². The van der Waals surface area contributed by atoms with E-state index in [0.717, 1.165) is 49.6 Å². The summed E-state index contributed by atoms with van der Waals surface area (Å²) in [5, 5.41) is 4.02. The summed E-state index contributed by atoms with van der Waals surface area (Å²) in [6.45, 7) is 2.69. The van der Waals surface area contributed by atoms with Gasteiger partial charge in [-0.2, -0.15) is 0 Å². The van der Waals surface area contributed by atoms with Crippen LogP contribution in [0.25, 0.3) is 0 Å².